The second-order valence-corrected chi connectivity index (χ2v) is 4.37. The van der Waals surface area contributed by atoms with Gasteiger partial charge in [0.25, 0.3) is 0 Å². The number of anilines is 1. The first-order valence-electron chi connectivity index (χ1n) is 5.38. The van der Waals surface area contributed by atoms with E-state index in [4.69, 9.17) is 4.74 Å². The molecule has 4 nitrogen and oxygen atoms in total. The lowest BCUT2D eigenvalue weighted by Crippen LogP contribution is -2.02. The maximum absolute atomic E-state index is 13.2. The van der Waals surface area contributed by atoms with E-state index in [0.29, 0.717) is 22.1 Å². The fourth-order valence-electron chi connectivity index (χ4n) is 1.35. The predicted molar refractivity (Wildman–Crippen MR) is 70.4 cm³/mol. The molecule has 0 atom stereocenters. The Bertz CT molecular complexity index is 530. The minimum atomic E-state index is -0.375. The third-order valence-electron chi connectivity index (χ3n) is 2.02. The van der Waals surface area contributed by atoms with E-state index in [1.807, 2.05) is 6.92 Å². The molecule has 1 N–H and O–H groups in total. The number of aromatic nitrogens is 2. The Morgan fingerprint density at radius 3 is 2.94 bits per heavy atom. The van der Waals surface area contributed by atoms with Crippen molar-refractivity contribution in [2.24, 2.45) is 0 Å². The van der Waals surface area contributed by atoms with Crippen LogP contribution < -0.4 is 10.1 Å². The van der Waals surface area contributed by atoms with Crippen molar-refractivity contribution in [2.45, 2.75) is 6.92 Å². The molecule has 2 aromatic rings. The molecule has 0 aliphatic rings. The highest BCUT2D eigenvalue weighted by Gasteiger charge is 2.04. The molecule has 0 aliphatic heterocycles. The number of hydrogen-bond acceptors (Lipinski definition) is 4. The molecule has 6 heteroatoms. The van der Waals surface area contributed by atoms with E-state index in [0.717, 1.165) is 6.54 Å². The van der Waals surface area contributed by atoms with E-state index in [1.165, 1.54) is 12.1 Å². The van der Waals surface area contributed by atoms with Gasteiger partial charge >= 0.3 is 0 Å². The zero-order valence-electron chi connectivity index (χ0n) is 9.65. The van der Waals surface area contributed by atoms with Gasteiger partial charge in [-0.25, -0.2) is 9.37 Å². The third kappa shape index (κ3) is 3.40. The van der Waals surface area contributed by atoms with Gasteiger partial charge < -0.3 is 10.1 Å². The summed E-state index contributed by atoms with van der Waals surface area (Å²) in [5.74, 6) is 0.840. The second-order valence-electron chi connectivity index (χ2n) is 3.46. The third-order valence-corrected chi connectivity index (χ3v) is 2.48. The van der Waals surface area contributed by atoms with Gasteiger partial charge in [-0.3, -0.25) is 0 Å². The second kappa shape index (κ2) is 5.77. The number of nitrogens with one attached hydrogen (secondary N) is 1. The molecule has 0 spiro atoms. The predicted octanol–water partition coefficient (Wildman–Crippen LogP) is 3.60. The molecule has 0 saturated carbocycles. The minimum absolute atomic E-state index is 0.360. The Morgan fingerprint density at radius 2 is 2.22 bits per heavy atom. The molecule has 0 radical (unpaired) electrons. The van der Waals surface area contributed by atoms with Crippen LogP contribution in [0.25, 0.3) is 0 Å². The molecule has 1 aromatic carbocycles. The molecule has 0 unspecified atom stereocenters. The lowest BCUT2D eigenvalue weighted by molar-refractivity contribution is 0.457. The standard InChI is InChI=1S/C12H11BrFN3O/c1-2-15-12-16-4-3-11(17-12)18-10-6-8(13)5-9(14)7-10/h3-7H,2H2,1H3,(H,15,16,17). The minimum Gasteiger partial charge on any atom is -0.439 e. The topological polar surface area (TPSA) is 47.0 Å². The molecule has 94 valence electrons. The first-order chi connectivity index (χ1) is 8.67. The summed E-state index contributed by atoms with van der Waals surface area (Å²) in [7, 11) is 0. The van der Waals surface area contributed by atoms with Crippen molar-refractivity contribution in [2.75, 3.05) is 11.9 Å². The van der Waals surface area contributed by atoms with Gasteiger partial charge in [-0.2, -0.15) is 4.98 Å². The van der Waals surface area contributed by atoms with Crippen molar-refractivity contribution in [3.05, 3.63) is 40.8 Å². The van der Waals surface area contributed by atoms with E-state index in [9.17, 15) is 4.39 Å². The van der Waals surface area contributed by atoms with Crippen molar-refractivity contribution >= 4 is 21.9 Å². The number of benzene rings is 1. The summed E-state index contributed by atoms with van der Waals surface area (Å²) < 4.78 is 19.3. The van der Waals surface area contributed by atoms with Gasteiger partial charge in [-0.1, -0.05) is 15.9 Å². The van der Waals surface area contributed by atoms with Crippen LogP contribution in [-0.2, 0) is 0 Å². The van der Waals surface area contributed by atoms with Crippen LogP contribution >= 0.6 is 15.9 Å². The zero-order valence-corrected chi connectivity index (χ0v) is 11.2. The Kier molecular flexibility index (Phi) is 4.09. The monoisotopic (exact) mass is 311 g/mol. The Morgan fingerprint density at radius 1 is 1.39 bits per heavy atom. The maximum atomic E-state index is 13.2. The van der Waals surface area contributed by atoms with Crippen molar-refractivity contribution in [1.82, 2.24) is 9.97 Å². The van der Waals surface area contributed by atoms with Crippen molar-refractivity contribution in [3.8, 4) is 11.6 Å². The molecule has 1 aromatic heterocycles. The van der Waals surface area contributed by atoms with Gasteiger partial charge in [-0.05, 0) is 19.1 Å². The first-order valence-corrected chi connectivity index (χ1v) is 6.17. The van der Waals surface area contributed by atoms with Crippen molar-refractivity contribution in [3.63, 3.8) is 0 Å². The molecule has 0 amide bonds. The fourth-order valence-corrected chi connectivity index (χ4v) is 1.79. The number of halogens is 2. The largest absolute Gasteiger partial charge is 0.439 e. The number of rotatable bonds is 4. The Labute approximate surface area is 112 Å². The van der Waals surface area contributed by atoms with E-state index < -0.39 is 0 Å². The van der Waals surface area contributed by atoms with Crippen LogP contribution in [0.4, 0.5) is 10.3 Å². The molecule has 2 rings (SSSR count). The summed E-state index contributed by atoms with van der Waals surface area (Å²) in [6.07, 6.45) is 1.58. The quantitative estimate of drug-likeness (QED) is 0.937. The molecule has 1 heterocycles. The van der Waals surface area contributed by atoms with E-state index >= 15 is 0 Å². The Balaban J connectivity index is 2.20. The van der Waals surface area contributed by atoms with Gasteiger partial charge in [0.2, 0.25) is 11.8 Å². The van der Waals surface area contributed by atoms with E-state index in [1.54, 1.807) is 18.3 Å². The summed E-state index contributed by atoms with van der Waals surface area (Å²) in [6.45, 7) is 2.66. The van der Waals surface area contributed by atoms with Crippen LogP contribution in [0.1, 0.15) is 6.92 Å². The average Bonchev–Trinajstić information content (AvgIpc) is 2.28. The first kappa shape index (κ1) is 12.8. The Hall–Kier alpha value is -1.69. The van der Waals surface area contributed by atoms with Gasteiger partial charge in [0.1, 0.15) is 11.6 Å². The molecule has 18 heavy (non-hydrogen) atoms. The fraction of sp³-hybridized carbons (Fsp3) is 0.167. The molecule has 0 fully saturated rings. The summed E-state index contributed by atoms with van der Waals surface area (Å²) in [6, 6.07) is 5.93. The van der Waals surface area contributed by atoms with Gasteiger partial charge in [0, 0.05) is 29.3 Å². The van der Waals surface area contributed by atoms with Gasteiger partial charge in [0.15, 0.2) is 0 Å². The zero-order chi connectivity index (χ0) is 13.0. The smallest absolute Gasteiger partial charge is 0.225 e. The van der Waals surface area contributed by atoms with E-state index in [2.05, 4.69) is 31.2 Å². The number of nitrogens with zero attached hydrogens (tertiary/aromatic N) is 2. The summed E-state index contributed by atoms with van der Waals surface area (Å²) in [4.78, 5) is 8.16. The average molecular weight is 312 g/mol. The highest BCUT2D eigenvalue weighted by Crippen LogP contribution is 2.24. The van der Waals surface area contributed by atoms with Crippen LogP contribution in [0.3, 0.4) is 0 Å². The number of hydrogen-bond donors (Lipinski definition) is 1. The van der Waals surface area contributed by atoms with Gasteiger partial charge in [0.05, 0.1) is 0 Å². The van der Waals surface area contributed by atoms with Crippen LogP contribution in [0.2, 0.25) is 0 Å². The van der Waals surface area contributed by atoms with Crippen molar-refractivity contribution in [1.29, 1.82) is 0 Å². The maximum Gasteiger partial charge on any atom is 0.225 e. The van der Waals surface area contributed by atoms with Crippen LogP contribution in [0, 0.1) is 5.82 Å². The summed E-state index contributed by atoms with van der Waals surface area (Å²) in [5, 5.41) is 2.97. The number of ether oxygens (including phenoxy) is 1. The molecular weight excluding hydrogens is 301 g/mol. The summed E-state index contributed by atoms with van der Waals surface area (Å²) >= 11 is 3.20. The normalized spacial score (nSPS) is 10.2. The van der Waals surface area contributed by atoms with Gasteiger partial charge in [-0.15, -0.1) is 0 Å². The van der Waals surface area contributed by atoms with Crippen molar-refractivity contribution < 1.29 is 9.13 Å². The lowest BCUT2D eigenvalue weighted by Gasteiger charge is -2.07. The molecular formula is C12H11BrFN3O. The van der Waals surface area contributed by atoms with E-state index in [-0.39, 0.29) is 5.82 Å². The molecule has 0 saturated heterocycles. The molecule has 0 bridgehead atoms. The lowest BCUT2D eigenvalue weighted by atomic mass is 10.3. The van der Waals surface area contributed by atoms with Crippen LogP contribution in [0.5, 0.6) is 11.6 Å². The SMILES string of the molecule is CCNc1nccc(Oc2cc(F)cc(Br)c2)n1. The summed E-state index contributed by atoms with van der Waals surface area (Å²) in [5.41, 5.74) is 0. The highest BCUT2D eigenvalue weighted by molar-refractivity contribution is 9.10. The highest BCUT2D eigenvalue weighted by atomic mass is 79.9. The van der Waals surface area contributed by atoms with Crippen LogP contribution in [0.15, 0.2) is 34.9 Å². The molecule has 0 aliphatic carbocycles. The van der Waals surface area contributed by atoms with Crippen LogP contribution in [-0.4, -0.2) is 16.5 Å².